The lowest BCUT2D eigenvalue weighted by molar-refractivity contribution is -0.144. The van der Waals surface area contributed by atoms with Crippen LogP contribution in [0.5, 0.6) is 0 Å². The monoisotopic (exact) mass is 229 g/mol. The lowest BCUT2D eigenvalue weighted by Crippen LogP contribution is -2.34. The van der Waals surface area contributed by atoms with Gasteiger partial charge in [0.25, 0.3) is 0 Å². The predicted octanol–water partition coefficient (Wildman–Crippen LogP) is 1.40. The van der Waals surface area contributed by atoms with Crippen LogP contribution in [0.15, 0.2) is 18.2 Å². The maximum absolute atomic E-state index is 13.2. The van der Waals surface area contributed by atoms with E-state index in [0.717, 1.165) is 12.1 Å². The molecule has 0 fully saturated rings. The Kier molecular flexibility index (Phi) is 4.37. The molecule has 1 aromatic carbocycles. The maximum Gasteiger partial charge on any atom is 0.323 e. The number of hydrogen-bond donors (Lipinski definition) is 1. The summed E-state index contributed by atoms with van der Waals surface area (Å²) in [5.41, 5.74) is 5.70. The van der Waals surface area contributed by atoms with E-state index in [1.807, 2.05) is 0 Å². The highest BCUT2D eigenvalue weighted by atomic mass is 19.1. The van der Waals surface area contributed by atoms with Crippen LogP contribution >= 0.6 is 0 Å². The Bertz CT molecular complexity index is 382. The van der Waals surface area contributed by atoms with Crippen molar-refractivity contribution in [3.8, 4) is 0 Å². The quantitative estimate of drug-likeness (QED) is 0.794. The van der Waals surface area contributed by atoms with Gasteiger partial charge < -0.3 is 10.5 Å². The number of halogens is 2. The summed E-state index contributed by atoms with van der Waals surface area (Å²) in [6, 6.07) is 2.22. The Morgan fingerprint density at radius 2 is 2.19 bits per heavy atom. The Hall–Kier alpha value is -1.49. The van der Waals surface area contributed by atoms with Crippen molar-refractivity contribution in [2.45, 2.75) is 19.4 Å². The van der Waals surface area contributed by atoms with Crippen molar-refractivity contribution in [3.63, 3.8) is 0 Å². The third-order valence-corrected chi connectivity index (χ3v) is 2.04. The van der Waals surface area contributed by atoms with Gasteiger partial charge in [-0.3, -0.25) is 4.79 Å². The molecular weight excluding hydrogens is 216 g/mol. The van der Waals surface area contributed by atoms with Crippen LogP contribution in [-0.2, 0) is 16.0 Å². The van der Waals surface area contributed by atoms with Crippen molar-refractivity contribution in [1.29, 1.82) is 0 Å². The zero-order chi connectivity index (χ0) is 12.1. The Labute approximate surface area is 92.2 Å². The largest absolute Gasteiger partial charge is 0.465 e. The predicted molar refractivity (Wildman–Crippen MR) is 54.7 cm³/mol. The van der Waals surface area contributed by atoms with Crippen LogP contribution in [-0.4, -0.2) is 18.6 Å². The first kappa shape index (κ1) is 12.6. The fraction of sp³-hybridized carbons (Fsp3) is 0.364. The summed E-state index contributed by atoms with van der Waals surface area (Å²) in [4.78, 5) is 11.2. The van der Waals surface area contributed by atoms with Gasteiger partial charge in [0.15, 0.2) is 0 Å². The Balaban J connectivity index is 2.69. The van der Waals surface area contributed by atoms with Crippen molar-refractivity contribution in [1.82, 2.24) is 0 Å². The van der Waals surface area contributed by atoms with Crippen molar-refractivity contribution >= 4 is 5.97 Å². The lowest BCUT2D eigenvalue weighted by Gasteiger charge is -2.10. The van der Waals surface area contributed by atoms with Crippen LogP contribution in [0.2, 0.25) is 0 Å². The highest BCUT2D eigenvalue weighted by molar-refractivity contribution is 5.75. The summed E-state index contributed by atoms with van der Waals surface area (Å²) in [5, 5.41) is 0. The number of benzene rings is 1. The number of ether oxygens (including phenoxy) is 1. The summed E-state index contributed by atoms with van der Waals surface area (Å²) in [6.45, 7) is 1.88. The summed E-state index contributed by atoms with van der Waals surface area (Å²) in [7, 11) is 0. The van der Waals surface area contributed by atoms with Crippen molar-refractivity contribution in [3.05, 3.63) is 35.4 Å². The molecule has 2 N–H and O–H groups in total. The summed E-state index contributed by atoms with van der Waals surface area (Å²) < 4.78 is 30.5. The molecule has 0 saturated carbocycles. The van der Waals surface area contributed by atoms with Crippen LogP contribution in [0.1, 0.15) is 12.5 Å². The van der Waals surface area contributed by atoms with Gasteiger partial charge in [-0.25, -0.2) is 8.78 Å². The summed E-state index contributed by atoms with van der Waals surface area (Å²) in [6.07, 6.45) is -0.00898. The zero-order valence-electron chi connectivity index (χ0n) is 8.87. The van der Waals surface area contributed by atoms with Gasteiger partial charge in [-0.15, -0.1) is 0 Å². The second-order valence-electron chi connectivity index (χ2n) is 3.30. The molecular formula is C11H13F2NO2. The lowest BCUT2D eigenvalue weighted by atomic mass is 10.1. The molecule has 1 unspecified atom stereocenters. The molecule has 16 heavy (non-hydrogen) atoms. The first-order valence-corrected chi connectivity index (χ1v) is 4.90. The van der Waals surface area contributed by atoms with E-state index < -0.39 is 23.6 Å². The molecule has 0 aliphatic heterocycles. The topological polar surface area (TPSA) is 52.3 Å². The second kappa shape index (κ2) is 5.55. The van der Waals surface area contributed by atoms with Crippen LogP contribution in [0.3, 0.4) is 0 Å². The molecule has 0 aliphatic rings. The van der Waals surface area contributed by atoms with E-state index in [2.05, 4.69) is 4.74 Å². The number of carbonyl (C=O) groups excluding carboxylic acids is 1. The van der Waals surface area contributed by atoms with E-state index in [-0.39, 0.29) is 18.6 Å². The minimum atomic E-state index is -0.931. The zero-order valence-corrected chi connectivity index (χ0v) is 8.87. The minimum absolute atomic E-state index is 0.00898. The van der Waals surface area contributed by atoms with E-state index in [4.69, 9.17) is 5.73 Å². The first-order valence-electron chi connectivity index (χ1n) is 4.90. The average molecular weight is 229 g/mol. The number of esters is 1. The fourth-order valence-corrected chi connectivity index (χ4v) is 1.26. The average Bonchev–Trinajstić information content (AvgIpc) is 2.22. The number of carbonyl (C=O) groups is 1. The van der Waals surface area contributed by atoms with Crippen LogP contribution in [0.25, 0.3) is 0 Å². The Morgan fingerprint density at radius 1 is 1.50 bits per heavy atom. The standard InChI is InChI=1S/C11H13F2NO2/c1-2-16-11(15)10(14)5-7-3-4-8(12)6-9(7)13/h3-4,6,10H,2,5,14H2,1H3. The molecule has 88 valence electrons. The van der Waals surface area contributed by atoms with Crippen molar-refractivity contribution < 1.29 is 18.3 Å². The van der Waals surface area contributed by atoms with Crippen molar-refractivity contribution in [2.24, 2.45) is 5.73 Å². The smallest absolute Gasteiger partial charge is 0.323 e. The van der Waals surface area contributed by atoms with Crippen molar-refractivity contribution in [2.75, 3.05) is 6.61 Å². The summed E-state index contributed by atoms with van der Waals surface area (Å²) in [5.74, 6) is -1.96. The highest BCUT2D eigenvalue weighted by Gasteiger charge is 2.17. The maximum atomic E-state index is 13.2. The van der Waals surface area contributed by atoms with Gasteiger partial charge in [0, 0.05) is 12.5 Å². The summed E-state index contributed by atoms with van der Waals surface area (Å²) >= 11 is 0. The molecule has 0 amide bonds. The third-order valence-electron chi connectivity index (χ3n) is 2.04. The normalized spacial score (nSPS) is 12.2. The van der Waals surface area contributed by atoms with Crippen LogP contribution < -0.4 is 5.73 Å². The molecule has 0 heterocycles. The minimum Gasteiger partial charge on any atom is -0.465 e. The molecule has 0 aliphatic carbocycles. The van der Waals surface area contributed by atoms with E-state index >= 15 is 0 Å². The van der Waals surface area contributed by atoms with E-state index in [0.29, 0.717) is 0 Å². The molecule has 0 radical (unpaired) electrons. The number of hydrogen-bond acceptors (Lipinski definition) is 3. The van der Waals surface area contributed by atoms with Crippen LogP contribution in [0, 0.1) is 11.6 Å². The molecule has 5 heteroatoms. The molecule has 3 nitrogen and oxygen atoms in total. The first-order chi connectivity index (χ1) is 7.54. The van der Waals surface area contributed by atoms with Gasteiger partial charge in [0.2, 0.25) is 0 Å². The molecule has 0 aromatic heterocycles. The second-order valence-corrected chi connectivity index (χ2v) is 3.30. The van der Waals surface area contributed by atoms with Gasteiger partial charge in [0.05, 0.1) is 6.61 Å². The van der Waals surface area contributed by atoms with Gasteiger partial charge >= 0.3 is 5.97 Å². The highest BCUT2D eigenvalue weighted by Crippen LogP contribution is 2.11. The third kappa shape index (κ3) is 3.27. The molecule has 1 aromatic rings. The number of rotatable bonds is 4. The van der Waals surface area contributed by atoms with Crippen LogP contribution in [0.4, 0.5) is 8.78 Å². The molecule has 0 bridgehead atoms. The van der Waals surface area contributed by atoms with Gasteiger partial charge in [-0.05, 0) is 18.6 Å². The van der Waals surface area contributed by atoms with Gasteiger partial charge in [-0.2, -0.15) is 0 Å². The number of nitrogens with two attached hydrogens (primary N) is 1. The molecule has 0 spiro atoms. The fourth-order valence-electron chi connectivity index (χ4n) is 1.26. The van der Waals surface area contributed by atoms with Gasteiger partial charge in [-0.1, -0.05) is 6.07 Å². The molecule has 0 saturated heterocycles. The van der Waals surface area contributed by atoms with E-state index in [1.165, 1.54) is 6.07 Å². The Morgan fingerprint density at radius 3 is 2.75 bits per heavy atom. The molecule has 1 atom stereocenters. The van der Waals surface area contributed by atoms with Gasteiger partial charge in [0.1, 0.15) is 17.7 Å². The SMILES string of the molecule is CCOC(=O)C(N)Cc1ccc(F)cc1F. The van der Waals surface area contributed by atoms with E-state index in [1.54, 1.807) is 6.92 Å². The molecule has 1 rings (SSSR count). The van der Waals surface area contributed by atoms with E-state index in [9.17, 15) is 13.6 Å².